The monoisotopic (exact) mass is 353 g/mol. The van der Waals surface area contributed by atoms with Crippen LogP contribution in [0, 0.1) is 12.8 Å². The van der Waals surface area contributed by atoms with Crippen LogP contribution in [0.2, 0.25) is 0 Å². The maximum Gasteiger partial charge on any atom is 0.274 e. The molecule has 2 aliphatic rings. The molecular formula is C21H27N3O2. The number of carbonyl (C=O) groups is 1. The van der Waals surface area contributed by atoms with Crippen molar-refractivity contribution in [2.75, 3.05) is 13.1 Å². The molecule has 1 fully saturated rings. The summed E-state index contributed by atoms with van der Waals surface area (Å²) in [5.41, 5.74) is 4.10. The van der Waals surface area contributed by atoms with Crippen molar-refractivity contribution < 1.29 is 9.53 Å². The van der Waals surface area contributed by atoms with E-state index in [1.165, 1.54) is 6.42 Å². The molecule has 0 saturated carbocycles. The Labute approximate surface area is 154 Å². The van der Waals surface area contributed by atoms with Crippen molar-refractivity contribution in [1.29, 1.82) is 0 Å². The highest BCUT2D eigenvalue weighted by molar-refractivity contribution is 5.94. The minimum Gasteiger partial charge on any atom is -0.490 e. The smallest absolute Gasteiger partial charge is 0.274 e. The zero-order valence-electron chi connectivity index (χ0n) is 15.6. The van der Waals surface area contributed by atoms with Gasteiger partial charge in [-0.1, -0.05) is 25.1 Å². The minimum absolute atomic E-state index is 0.0749. The lowest BCUT2D eigenvalue weighted by atomic mass is 9.87. The van der Waals surface area contributed by atoms with E-state index in [9.17, 15) is 4.79 Å². The Balaban J connectivity index is 1.38. The van der Waals surface area contributed by atoms with Crippen LogP contribution in [0.15, 0.2) is 24.3 Å². The minimum atomic E-state index is 0.0749. The van der Waals surface area contributed by atoms with Crippen LogP contribution in [0.25, 0.3) is 0 Å². The highest BCUT2D eigenvalue weighted by Gasteiger charge is 2.30. The number of piperidine rings is 1. The summed E-state index contributed by atoms with van der Waals surface area (Å²) in [7, 11) is 0. The topological polar surface area (TPSA) is 58.2 Å². The van der Waals surface area contributed by atoms with Crippen LogP contribution in [0.5, 0.6) is 5.75 Å². The van der Waals surface area contributed by atoms with E-state index in [4.69, 9.17) is 4.74 Å². The summed E-state index contributed by atoms with van der Waals surface area (Å²) < 4.78 is 6.15. The van der Waals surface area contributed by atoms with Gasteiger partial charge < -0.3 is 9.64 Å². The van der Waals surface area contributed by atoms with Gasteiger partial charge in [0.25, 0.3) is 5.91 Å². The molecule has 2 heterocycles. The molecule has 1 aromatic heterocycles. The second-order valence-electron chi connectivity index (χ2n) is 7.75. The highest BCUT2D eigenvalue weighted by atomic mass is 16.5. The Kier molecular flexibility index (Phi) is 4.70. The van der Waals surface area contributed by atoms with Crippen molar-refractivity contribution in [2.24, 2.45) is 5.92 Å². The first-order valence-corrected chi connectivity index (χ1v) is 9.69. The first-order chi connectivity index (χ1) is 12.6. The summed E-state index contributed by atoms with van der Waals surface area (Å²) in [6, 6.07) is 8.11. The van der Waals surface area contributed by atoms with Crippen LogP contribution in [-0.2, 0) is 12.8 Å². The summed E-state index contributed by atoms with van der Waals surface area (Å²) in [5.74, 6) is 1.65. The molecule has 0 bridgehead atoms. The first-order valence-electron chi connectivity index (χ1n) is 9.69. The predicted molar refractivity (Wildman–Crippen MR) is 101 cm³/mol. The Morgan fingerprint density at radius 2 is 2.00 bits per heavy atom. The number of fused-ring (bicyclic) bond motifs is 1. The number of rotatable bonds is 3. The molecule has 0 spiro atoms. The van der Waals surface area contributed by atoms with Gasteiger partial charge in [-0.05, 0) is 43.7 Å². The van der Waals surface area contributed by atoms with Crippen molar-refractivity contribution in [3.05, 3.63) is 46.8 Å². The van der Waals surface area contributed by atoms with Crippen LogP contribution < -0.4 is 4.74 Å². The summed E-state index contributed by atoms with van der Waals surface area (Å²) in [5, 5.41) is 7.45. The van der Waals surface area contributed by atoms with Crippen molar-refractivity contribution in [2.45, 2.75) is 52.1 Å². The van der Waals surface area contributed by atoms with Gasteiger partial charge in [-0.25, -0.2) is 0 Å². The van der Waals surface area contributed by atoms with E-state index < -0.39 is 0 Å². The fourth-order valence-corrected chi connectivity index (χ4v) is 4.04. The van der Waals surface area contributed by atoms with Gasteiger partial charge in [-0.3, -0.25) is 9.89 Å². The molecule has 1 amide bonds. The molecule has 2 aromatic rings. The van der Waals surface area contributed by atoms with Gasteiger partial charge in [0.1, 0.15) is 11.9 Å². The molecular weight excluding hydrogens is 326 g/mol. The summed E-state index contributed by atoms with van der Waals surface area (Å²) in [4.78, 5) is 14.9. The normalized spacial score (nSPS) is 20.7. The third-order valence-electron chi connectivity index (χ3n) is 5.71. The number of aromatic nitrogens is 2. The Morgan fingerprint density at radius 1 is 1.23 bits per heavy atom. The number of hydrogen-bond donors (Lipinski definition) is 1. The lowest BCUT2D eigenvalue weighted by molar-refractivity contribution is 0.0587. The number of para-hydroxylation sites is 1. The van der Waals surface area contributed by atoms with Crippen LogP contribution in [-0.4, -0.2) is 40.2 Å². The maximum absolute atomic E-state index is 13.0. The van der Waals surface area contributed by atoms with Gasteiger partial charge in [-0.2, -0.15) is 5.10 Å². The Hall–Kier alpha value is -2.30. The summed E-state index contributed by atoms with van der Waals surface area (Å²) in [6.07, 6.45) is 5.03. The summed E-state index contributed by atoms with van der Waals surface area (Å²) >= 11 is 0. The molecule has 0 unspecified atom stereocenters. The number of carbonyl (C=O) groups excluding carboxylic acids is 1. The van der Waals surface area contributed by atoms with Gasteiger partial charge in [0.05, 0.1) is 0 Å². The third kappa shape index (κ3) is 3.35. The third-order valence-corrected chi connectivity index (χ3v) is 5.71. The van der Waals surface area contributed by atoms with Crippen molar-refractivity contribution >= 4 is 5.91 Å². The average Bonchev–Trinajstić information content (AvgIpc) is 3.06. The molecule has 1 aliphatic carbocycles. The maximum atomic E-state index is 13.0. The molecule has 1 saturated heterocycles. The fourth-order valence-electron chi connectivity index (χ4n) is 4.04. The molecule has 1 aliphatic heterocycles. The molecule has 5 heteroatoms. The van der Waals surface area contributed by atoms with Crippen LogP contribution >= 0.6 is 0 Å². The fraction of sp³-hybridized carbons (Fsp3) is 0.524. The van der Waals surface area contributed by atoms with E-state index in [0.29, 0.717) is 11.6 Å². The van der Waals surface area contributed by atoms with E-state index in [2.05, 4.69) is 30.1 Å². The summed E-state index contributed by atoms with van der Waals surface area (Å²) in [6.45, 7) is 5.77. The van der Waals surface area contributed by atoms with Crippen LogP contribution in [0.4, 0.5) is 0 Å². The number of amides is 1. The number of aromatic amines is 1. The first kappa shape index (κ1) is 17.1. The van der Waals surface area contributed by atoms with Gasteiger partial charge in [0.2, 0.25) is 0 Å². The van der Waals surface area contributed by atoms with Gasteiger partial charge in [-0.15, -0.1) is 0 Å². The molecule has 0 radical (unpaired) electrons. The molecule has 5 nitrogen and oxygen atoms in total. The number of likely N-dealkylation sites (tertiary alicyclic amines) is 1. The number of benzene rings is 1. The molecule has 138 valence electrons. The SMILES string of the molecule is Cc1ccccc1OC1CCN(C(=O)c2n[nH]c3c2C[C@@H](C)CC3)CC1. The van der Waals surface area contributed by atoms with Gasteiger partial charge in [0, 0.05) is 37.2 Å². The molecule has 1 N–H and O–H groups in total. The van der Waals surface area contributed by atoms with E-state index in [1.54, 1.807) is 0 Å². The van der Waals surface area contributed by atoms with E-state index in [0.717, 1.165) is 61.3 Å². The lowest BCUT2D eigenvalue weighted by Crippen LogP contribution is -2.42. The largest absolute Gasteiger partial charge is 0.490 e. The zero-order chi connectivity index (χ0) is 18.1. The average molecular weight is 353 g/mol. The highest BCUT2D eigenvalue weighted by Crippen LogP contribution is 2.28. The van der Waals surface area contributed by atoms with Crippen molar-refractivity contribution in [1.82, 2.24) is 15.1 Å². The lowest BCUT2D eigenvalue weighted by Gasteiger charge is -2.32. The number of aryl methyl sites for hydroxylation is 2. The second kappa shape index (κ2) is 7.14. The Bertz CT molecular complexity index is 790. The number of H-pyrrole nitrogens is 1. The van der Waals surface area contributed by atoms with E-state index >= 15 is 0 Å². The van der Waals surface area contributed by atoms with E-state index in [-0.39, 0.29) is 12.0 Å². The quantitative estimate of drug-likeness (QED) is 0.918. The van der Waals surface area contributed by atoms with Crippen molar-refractivity contribution in [3.63, 3.8) is 0 Å². The molecule has 1 aromatic carbocycles. The molecule has 4 rings (SSSR count). The zero-order valence-corrected chi connectivity index (χ0v) is 15.6. The predicted octanol–water partition coefficient (Wildman–Crippen LogP) is 3.53. The van der Waals surface area contributed by atoms with E-state index in [1.807, 2.05) is 23.1 Å². The van der Waals surface area contributed by atoms with Crippen molar-refractivity contribution in [3.8, 4) is 5.75 Å². The number of nitrogens with zero attached hydrogens (tertiary/aromatic N) is 2. The second-order valence-corrected chi connectivity index (χ2v) is 7.75. The van der Waals surface area contributed by atoms with Crippen LogP contribution in [0.1, 0.15) is 53.5 Å². The van der Waals surface area contributed by atoms with Gasteiger partial charge >= 0.3 is 0 Å². The van der Waals surface area contributed by atoms with Crippen LogP contribution in [0.3, 0.4) is 0 Å². The number of hydrogen-bond acceptors (Lipinski definition) is 3. The molecule has 1 atom stereocenters. The Morgan fingerprint density at radius 3 is 2.77 bits per heavy atom. The number of nitrogens with one attached hydrogen (secondary N) is 1. The standard InChI is InChI=1S/C21H27N3O2/c1-14-7-8-18-17(13-14)20(23-22-18)21(25)24-11-9-16(10-12-24)26-19-6-4-3-5-15(19)2/h3-6,14,16H,7-13H2,1-2H3,(H,22,23)/t14-/m0/s1. The van der Waals surface area contributed by atoms with Gasteiger partial charge in [0.15, 0.2) is 5.69 Å². The number of ether oxygens (including phenoxy) is 1. The molecule has 26 heavy (non-hydrogen) atoms.